The molecule has 1 fully saturated rings. The van der Waals surface area contributed by atoms with Gasteiger partial charge in [-0.05, 0) is 62.5 Å². The Bertz CT molecular complexity index is 534. The second kappa shape index (κ2) is 5.51. The molecule has 2 aliphatic carbocycles. The number of ether oxygens (including phenoxy) is 1. The van der Waals surface area contributed by atoms with Gasteiger partial charge >= 0.3 is 0 Å². The number of fused-ring (bicyclic) bond motifs is 2. The largest absolute Gasteiger partial charge is 0.493 e. The van der Waals surface area contributed by atoms with Crippen LogP contribution >= 0.6 is 0 Å². The molecule has 3 rings (SSSR count). The van der Waals surface area contributed by atoms with E-state index in [9.17, 15) is 0 Å². The first-order valence-electron chi connectivity index (χ1n) is 8.35. The van der Waals surface area contributed by atoms with E-state index in [1.165, 1.54) is 41.7 Å². The molecule has 1 heterocycles. The van der Waals surface area contributed by atoms with Crippen LogP contribution in [0, 0.1) is 23.7 Å². The van der Waals surface area contributed by atoms with Gasteiger partial charge in [0.25, 0.3) is 0 Å². The molecule has 1 heteroatoms. The summed E-state index contributed by atoms with van der Waals surface area (Å²) in [5, 5.41) is 0. The first kappa shape index (κ1) is 14.7. The topological polar surface area (TPSA) is 9.23 Å². The number of hydrogen-bond donors (Lipinski definition) is 0. The Morgan fingerprint density at radius 3 is 2.76 bits per heavy atom. The lowest BCUT2D eigenvalue weighted by Crippen LogP contribution is -2.32. The van der Waals surface area contributed by atoms with Crippen LogP contribution in [0.1, 0.15) is 46.5 Å². The Hall–Kier alpha value is -1.24. The Morgan fingerprint density at radius 2 is 2.05 bits per heavy atom. The van der Waals surface area contributed by atoms with Gasteiger partial charge in [0, 0.05) is 11.8 Å². The molecule has 0 spiro atoms. The van der Waals surface area contributed by atoms with Crippen molar-refractivity contribution in [2.75, 3.05) is 6.61 Å². The van der Waals surface area contributed by atoms with Crippen molar-refractivity contribution in [2.45, 2.75) is 46.5 Å². The van der Waals surface area contributed by atoms with E-state index in [2.05, 4.69) is 40.0 Å². The first-order valence-corrected chi connectivity index (χ1v) is 8.35. The molecule has 0 saturated heterocycles. The van der Waals surface area contributed by atoms with E-state index in [0.717, 1.165) is 13.0 Å². The van der Waals surface area contributed by atoms with Gasteiger partial charge < -0.3 is 4.74 Å². The smallest absolute Gasteiger partial charge is 0.109 e. The zero-order valence-electron chi connectivity index (χ0n) is 13.7. The highest BCUT2D eigenvalue weighted by molar-refractivity contribution is 5.34. The minimum atomic E-state index is 0.482. The Balaban J connectivity index is 2.07. The van der Waals surface area contributed by atoms with Gasteiger partial charge in [0.1, 0.15) is 6.61 Å². The van der Waals surface area contributed by atoms with Crippen molar-refractivity contribution in [1.82, 2.24) is 0 Å². The van der Waals surface area contributed by atoms with E-state index in [-0.39, 0.29) is 0 Å². The summed E-state index contributed by atoms with van der Waals surface area (Å²) in [7, 11) is 0. The second-order valence-electron chi connectivity index (χ2n) is 7.34. The van der Waals surface area contributed by atoms with Crippen LogP contribution < -0.4 is 0 Å². The van der Waals surface area contributed by atoms with Crippen LogP contribution in [0.4, 0.5) is 0 Å². The zero-order chi connectivity index (χ0) is 15.1. The van der Waals surface area contributed by atoms with Gasteiger partial charge in [0.2, 0.25) is 0 Å². The molecule has 114 valence electrons. The van der Waals surface area contributed by atoms with Crippen molar-refractivity contribution >= 4 is 0 Å². The number of allylic oxidation sites excluding steroid dienone is 5. The first-order chi connectivity index (χ1) is 9.99. The quantitative estimate of drug-likeness (QED) is 0.584. The van der Waals surface area contributed by atoms with E-state index in [0.29, 0.717) is 23.7 Å². The maximum absolute atomic E-state index is 6.17. The molecule has 0 aromatic heterocycles. The standard InChI is InChI=1S/C20H28O/c1-12(2)16-8-6-14(4)19-17-9-7-15(5)20(17)21-11-13(3)10-18(16)19/h10,15-16,18-19H,1,4,6-9,11H2,2-3,5H3/b13-10-/t15-,16+,18+,19-/m1/s1. The Labute approximate surface area is 129 Å². The van der Waals surface area contributed by atoms with E-state index in [1.807, 2.05) is 0 Å². The van der Waals surface area contributed by atoms with Gasteiger partial charge in [0.15, 0.2) is 0 Å². The van der Waals surface area contributed by atoms with Crippen molar-refractivity contribution in [3.63, 3.8) is 0 Å². The molecular formula is C20H28O. The van der Waals surface area contributed by atoms with E-state index >= 15 is 0 Å². The summed E-state index contributed by atoms with van der Waals surface area (Å²) in [5.41, 5.74) is 5.65. The molecule has 0 N–H and O–H groups in total. The van der Waals surface area contributed by atoms with Gasteiger partial charge in [-0.25, -0.2) is 0 Å². The third kappa shape index (κ3) is 2.52. The molecule has 1 aliphatic heterocycles. The molecule has 0 bridgehead atoms. The molecule has 0 aromatic carbocycles. The molecule has 1 nitrogen and oxygen atoms in total. The Kier molecular flexibility index (Phi) is 3.86. The van der Waals surface area contributed by atoms with Gasteiger partial charge in [0.05, 0.1) is 5.76 Å². The molecule has 0 radical (unpaired) electrons. The predicted octanol–water partition coefficient (Wildman–Crippen LogP) is 5.42. The SMILES string of the molecule is C=C1CC[C@@H](C(=C)C)[C@@H]2/C=C(/C)COC3=C(CC[C@H]3C)[C@@H]12. The minimum absolute atomic E-state index is 0.482. The molecular weight excluding hydrogens is 256 g/mol. The van der Waals surface area contributed by atoms with E-state index in [4.69, 9.17) is 4.74 Å². The van der Waals surface area contributed by atoms with Gasteiger partial charge in [-0.3, -0.25) is 0 Å². The lowest BCUT2D eigenvalue weighted by atomic mass is 9.64. The fraction of sp³-hybridized carbons (Fsp3) is 0.600. The lowest BCUT2D eigenvalue weighted by molar-refractivity contribution is 0.194. The molecule has 0 aromatic rings. The highest BCUT2D eigenvalue weighted by atomic mass is 16.5. The van der Waals surface area contributed by atoms with Crippen LogP contribution in [0.3, 0.4) is 0 Å². The zero-order valence-corrected chi connectivity index (χ0v) is 13.7. The summed E-state index contributed by atoms with van der Waals surface area (Å²) in [6.45, 7) is 16.2. The van der Waals surface area contributed by atoms with E-state index < -0.39 is 0 Å². The van der Waals surface area contributed by atoms with Crippen molar-refractivity contribution in [3.8, 4) is 0 Å². The van der Waals surface area contributed by atoms with Gasteiger partial charge in [-0.2, -0.15) is 0 Å². The fourth-order valence-corrected chi connectivity index (χ4v) is 4.51. The molecule has 0 unspecified atom stereocenters. The van der Waals surface area contributed by atoms with Crippen molar-refractivity contribution in [1.29, 1.82) is 0 Å². The van der Waals surface area contributed by atoms with Crippen LogP contribution in [0.5, 0.6) is 0 Å². The predicted molar refractivity (Wildman–Crippen MR) is 88.8 cm³/mol. The summed E-state index contributed by atoms with van der Waals surface area (Å²) in [5.74, 6) is 3.47. The molecule has 3 aliphatic rings. The number of rotatable bonds is 1. The minimum Gasteiger partial charge on any atom is -0.493 e. The van der Waals surface area contributed by atoms with Crippen molar-refractivity contribution < 1.29 is 4.74 Å². The van der Waals surface area contributed by atoms with E-state index in [1.54, 1.807) is 5.57 Å². The average Bonchev–Trinajstić information content (AvgIpc) is 2.75. The van der Waals surface area contributed by atoms with Crippen LogP contribution in [0.15, 0.2) is 47.3 Å². The fourth-order valence-electron chi connectivity index (χ4n) is 4.51. The van der Waals surface area contributed by atoms with Crippen LogP contribution in [0.2, 0.25) is 0 Å². The highest BCUT2D eigenvalue weighted by Gasteiger charge is 2.41. The third-order valence-corrected chi connectivity index (χ3v) is 5.62. The van der Waals surface area contributed by atoms with Crippen LogP contribution in [-0.4, -0.2) is 6.61 Å². The highest BCUT2D eigenvalue weighted by Crippen LogP contribution is 2.51. The van der Waals surface area contributed by atoms with Crippen molar-refractivity contribution in [3.05, 3.63) is 47.3 Å². The van der Waals surface area contributed by atoms with Crippen molar-refractivity contribution in [2.24, 2.45) is 23.7 Å². The normalized spacial score (nSPS) is 38.6. The molecule has 1 saturated carbocycles. The maximum atomic E-state index is 6.17. The molecule has 21 heavy (non-hydrogen) atoms. The van der Waals surface area contributed by atoms with Gasteiger partial charge in [-0.1, -0.05) is 37.3 Å². The summed E-state index contributed by atoms with van der Waals surface area (Å²) >= 11 is 0. The third-order valence-electron chi connectivity index (χ3n) is 5.62. The molecule has 0 amide bonds. The average molecular weight is 284 g/mol. The summed E-state index contributed by atoms with van der Waals surface area (Å²) in [6.07, 6.45) is 7.22. The van der Waals surface area contributed by atoms with Gasteiger partial charge in [-0.15, -0.1) is 0 Å². The monoisotopic (exact) mass is 284 g/mol. The lowest BCUT2D eigenvalue weighted by Gasteiger charge is -2.41. The summed E-state index contributed by atoms with van der Waals surface area (Å²) in [6, 6.07) is 0. The number of hydrogen-bond acceptors (Lipinski definition) is 1. The maximum Gasteiger partial charge on any atom is 0.109 e. The summed E-state index contributed by atoms with van der Waals surface area (Å²) < 4.78 is 6.17. The molecule has 4 atom stereocenters. The van der Waals surface area contributed by atoms with Crippen LogP contribution in [-0.2, 0) is 4.74 Å². The summed E-state index contributed by atoms with van der Waals surface area (Å²) in [4.78, 5) is 0. The second-order valence-corrected chi connectivity index (χ2v) is 7.34. The van der Waals surface area contributed by atoms with Crippen LogP contribution in [0.25, 0.3) is 0 Å². The Morgan fingerprint density at radius 1 is 1.29 bits per heavy atom.